The molecule has 0 unspecified atom stereocenters. The van der Waals surface area contributed by atoms with Crippen molar-refractivity contribution < 1.29 is 9.53 Å². The summed E-state index contributed by atoms with van der Waals surface area (Å²) in [7, 11) is 0. The fraction of sp³-hybridized carbons (Fsp3) is 0.158. The number of aromatic nitrogens is 3. The smallest absolute Gasteiger partial charge is 0.229 e. The quantitative estimate of drug-likeness (QED) is 0.750. The highest BCUT2D eigenvalue weighted by Crippen LogP contribution is 2.33. The molecule has 3 aromatic rings. The second-order valence-electron chi connectivity index (χ2n) is 6.04. The third-order valence-electron chi connectivity index (χ3n) is 4.36. The SMILES string of the molecule is N#Cc1ccccc1COc1ccc([C@H]2CC(=O)Nc3ncnn32)cc1Cl. The number of amides is 1. The lowest BCUT2D eigenvalue weighted by atomic mass is 10.0. The minimum atomic E-state index is -0.276. The summed E-state index contributed by atoms with van der Waals surface area (Å²) in [6.45, 7) is 0.238. The molecule has 134 valence electrons. The number of halogens is 1. The first kappa shape index (κ1) is 17.1. The van der Waals surface area contributed by atoms with Gasteiger partial charge in [-0.25, -0.2) is 4.68 Å². The number of nitrogens with one attached hydrogen (secondary N) is 1. The summed E-state index contributed by atoms with van der Waals surface area (Å²) in [6, 6.07) is 14.5. The first-order valence-electron chi connectivity index (χ1n) is 8.25. The van der Waals surface area contributed by atoms with E-state index in [9.17, 15) is 4.79 Å². The Bertz CT molecular complexity index is 1060. The Labute approximate surface area is 160 Å². The number of carbonyl (C=O) groups excluding carboxylic acids is 1. The van der Waals surface area contributed by atoms with E-state index in [4.69, 9.17) is 21.6 Å². The molecule has 2 heterocycles. The van der Waals surface area contributed by atoms with Gasteiger partial charge in [0.05, 0.1) is 29.1 Å². The van der Waals surface area contributed by atoms with Crippen molar-refractivity contribution in [2.45, 2.75) is 19.1 Å². The van der Waals surface area contributed by atoms with E-state index >= 15 is 0 Å². The van der Waals surface area contributed by atoms with Crippen LogP contribution in [0.4, 0.5) is 5.95 Å². The van der Waals surface area contributed by atoms with Crippen molar-refractivity contribution in [1.82, 2.24) is 14.8 Å². The third kappa shape index (κ3) is 3.35. The Morgan fingerprint density at radius 1 is 1.33 bits per heavy atom. The molecular weight excluding hydrogens is 366 g/mol. The Hall–Kier alpha value is -3.37. The number of rotatable bonds is 4. The minimum absolute atomic E-state index is 0.120. The number of fused-ring (bicyclic) bond motifs is 1. The third-order valence-corrected chi connectivity index (χ3v) is 4.66. The largest absolute Gasteiger partial charge is 0.487 e. The molecule has 1 amide bonds. The average Bonchev–Trinajstić information content (AvgIpc) is 3.15. The van der Waals surface area contributed by atoms with Crippen LogP contribution in [-0.4, -0.2) is 20.7 Å². The van der Waals surface area contributed by atoms with Crippen LogP contribution in [0.15, 0.2) is 48.8 Å². The Balaban J connectivity index is 1.56. The molecule has 4 rings (SSSR count). The van der Waals surface area contributed by atoms with Crippen LogP contribution in [0.25, 0.3) is 0 Å². The summed E-state index contributed by atoms with van der Waals surface area (Å²) in [5.41, 5.74) is 2.19. The second kappa shape index (κ2) is 7.09. The standard InChI is InChI=1S/C19H14ClN5O2/c20-15-7-12(16-8-18(26)24-19-22-11-23-25(16)19)5-6-17(15)27-10-14-4-2-1-3-13(14)9-21/h1-7,11,16H,8,10H2,(H,22,23,24,26)/t16-/m1/s1. The molecule has 1 atom stereocenters. The van der Waals surface area contributed by atoms with Crippen molar-refractivity contribution in [1.29, 1.82) is 5.26 Å². The van der Waals surface area contributed by atoms with Gasteiger partial charge in [-0.1, -0.05) is 35.9 Å². The van der Waals surface area contributed by atoms with E-state index in [2.05, 4.69) is 21.5 Å². The zero-order valence-electron chi connectivity index (χ0n) is 14.1. The average molecular weight is 380 g/mol. The molecule has 1 aliphatic heterocycles. The molecule has 0 radical (unpaired) electrons. The highest BCUT2D eigenvalue weighted by molar-refractivity contribution is 6.32. The van der Waals surface area contributed by atoms with Gasteiger partial charge in [0, 0.05) is 5.56 Å². The lowest BCUT2D eigenvalue weighted by Crippen LogP contribution is -2.29. The van der Waals surface area contributed by atoms with Gasteiger partial charge >= 0.3 is 0 Å². The van der Waals surface area contributed by atoms with Gasteiger partial charge in [-0.05, 0) is 23.8 Å². The first-order valence-corrected chi connectivity index (χ1v) is 8.63. The summed E-state index contributed by atoms with van der Waals surface area (Å²) in [5, 5.41) is 16.4. The van der Waals surface area contributed by atoms with Crippen LogP contribution < -0.4 is 10.1 Å². The van der Waals surface area contributed by atoms with Gasteiger partial charge < -0.3 is 4.74 Å². The number of anilines is 1. The minimum Gasteiger partial charge on any atom is -0.487 e. The van der Waals surface area contributed by atoms with Gasteiger partial charge in [0.1, 0.15) is 18.7 Å². The molecule has 7 nitrogen and oxygen atoms in total. The lowest BCUT2D eigenvalue weighted by Gasteiger charge is -2.24. The van der Waals surface area contributed by atoms with Crippen molar-refractivity contribution in [3.8, 4) is 11.8 Å². The van der Waals surface area contributed by atoms with Gasteiger partial charge in [-0.15, -0.1) is 0 Å². The van der Waals surface area contributed by atoms with E-state index in [1.165, 1.54) is 6.33 Å². The summed E-state index contributed by atoms with van der Waals surface area (Å²) in [5.74, 6) is 0.804. The molecule has 0 saturated carbocycles. The van der Waals surface area contributed by atoms with Crippen LogP contribution in [0.1, 0.15) is 29.2 Å². The van der Waals surface area contributed by atoms with Gasteiger partial charge in [0.15, 0.2) is 0 Å². The highest BCUT2D eigenvalue weighted by atomic mass is 35.5. The molecular formula is C19H14ClN5O2. The number of hydrogen-bond donors (Lipinski definition) is 1. The number of hydrogen-bond acceptors (Lipinski definition) is 5. The lowest BCUT2D eigenvalue weighted by molar-refractivity contribution is -0.117. The van der Waals surface area contributed by atoms with Crippen LogP contribution in [0, 0.1) is 11.3 Å². The van der Waals surface area contributed by atoms with Gasteiger partial charge in [0.25, 0.3) is 0 Å². The topological polar surface area (TPSA) is 92.8 Å². The number of nitrogens with zero attached hydrogens (tertiary/aromatic N) is 4. The summed E-state index contributed by atoms with van der Waals surface area (Å²) in [4.78, 5) is 15.9. The molecule has 2 aromatic carbocycles. The molecule has 0 bridgehead atoms. The molecule has 1 N–H and O–H groups in total. The van der Waals surface area contributed by atoms with E-state index in [1.807, 2.05) is 24.3 Å². The fourth-order valence-corrected chi connectivity index (χ4v) is 3.26. The predicted molar refractivity (Wildman–Crippen MR) is 98.3 cm³/mol. The predicted octanol–water partition coefficient (Wildman–Crippen LogP) is 3.31. The van der Waals surface area contributed by atoms with Crippen LogP contribution in [-0.2, 0) is 11.4 Å². The zero-order valence-corrected chi connectivity index (χ0v) is 14.8. The number of ether oxygens (including phenoxy) is 1. The Kier molecular flexibility index (Phi) is 4.48. The van der Waals surface area contributed by atoms with Crippen molar-refractivity contribution in [3.05, 3.63) is 70.5 Å². The van der Waals surface area contributed by atoms with Crippen molar-refractivity contribution in [2.24, 2.45) is 0 Å². The fourth-order valence-electron chi connectivity index (χ4n) is 3.02. The first-order chi connectivity index (χ1) is 13.2. The van der Waals surface area contributed by atoms with E-state index < -0.39 is 0 Å². The van der Waals surface area contributed by atoms with Crippen molar-refractivity contribution in [2.75, 3.05) is 5.32 Å². The van der Waals surface area contributed by atoms with Crippen LogP contribution in [0.5, 0.6) is 5.75 Å². The van der Waals surface area contributed by atoms with Gasteiger partial charge in [-0.3, -0.25) is 10.1 Å². The maximum Gasteiger partial charge on any atom is 0.229 e. The Morgan fingerprint density at radius 3 is 3.00 bits per heavy atom. The van der Waals surface area contributed by atoms with E-state index in [0.717, 1.165) is 11.1 Å². The molecule has 0 fully saturated rings. The van der Waals surface area contributed by atoms with E-state index in [1.54, 1.807) is 22.9 Å². The molecule has 8 heteroatoms. The summed E-state index contributed by atoms with van der Waals surface area (Å²) < 4.78 is 7.45. The molecule has 27 heavy (non-hydrogen) atoms. The van der Waals surface area contributed by atoms with E-state index in [0.29, 0.717) is 22.3 Å². The number of benzene rings is 2. The molecule has 1 aromatic heterocycles. The molecule has 0 spiro atoms. The molecule has 0 saturated heterocycles. The van der Waals surface area contributed by atoms with Gasteiger partial charge in [0.2, 0.25) is 11.9 Å². The Morgan fingerprint density at radius 2 is 2.19 bits per heavy atom. The summed E-state index contributed by atoms with van der Waals surface area (Å²) in [6.07, 6.45) is 1.65. The van der Waals surface area contributed by atoms with Gasteiger partial charge in [-0.2, -0.15) is 15.3 Å². The monoisotopic (exact) mass is 379 g/mol. The highest BCUT2D eigenvalue weighted by Gasteiger charge is 2.28. The maximum absolute atomic E-state index is 11.9. The van der Waals surface area contributed by atoms with Crippen LogP contribution in [0.3, 0.4) is 0 Å². The number of carbonyl (C=O) groups is 1. The molecule has 1 aliphatic rings. The normalized spacial score (nSPS) is 15.6. The van der Waals surface area contributed by atoms with Crippen LogP contribution >= 0.6 is 11.6 Å². The summed E-state index contributed by atoms with van der Waals surface area (Å²) >= 11 is 6.39. The van der Waals surface area contributed by atoms with Crippen LogP contribution in [0.2, 0.25) is 5.02 Å². The molecule has 0 aliphatic carbocycles. The zero-order chi connectivity index (χ0) is 18.8. The van der Waals surface area contributed by atoms with Crippen molar-refractivity contribution in [3.63, 3.8) is 0 Å². The van der Waals surface area contributed by atoms with Crippen molar-refractivity contribution >= 4 is 23.5 Å². The van der Waals surface area contributed by atoms with E-state index in [-0.39, 0.29) is 25.0 Å². The second-order valence-corrected chi connectivity index (χ2v) is 6.45. The maximum atomic E-state index is 11.9. The number of nitriles is 1.